The first-order valence-corrected chi connectivity index (χ1v) is 9.78. The van der Waals surface area contributed by atoms with Gasteiger partial charge >= 0.3 is 0 Å². The zero-order chi connectivity index (χ0) is 20.5. The summed E-state index contributed by atoms with van der Waals surface area (Å²) in [6, 6.07) is 13.8. The highest BCUT2D eigenvalue weighted by Gasteiger charge is 2.20. The molecule has 0 fully saturated rings. The van der Waals surface area contributed by atoms with E-state index in [0.717, 1.165) is 41.0 Å². The first kappa shape index (κ1) is 21.5. The van der Waals surface area contributed by atoms with E-state index in [2.05, 4.69) is 19.2 Å². The molecule has 0 saturated heterocycles. The molecule has 0 radical (unpaired) electrons. The monoisotopic (exact) mass is 382 g/mol. The Kier molecular flexibility index (Phi) is 8.05. The average Bonchev–Trinajstić information content (AvgIpc) is 2.71. The number of rotatable bonds is 9. The number of para-hydroxylation sites is 1. The van der Waals surface area contributed by atoms with Crippen molar-refractivity contribution in [2.45, 2.75) is 40.0 Å². The van der Waals surface area contributed by atoms with Gasteiger partial charge in [0.05, 0.1) is 12.8 Å². The van der Waals surface area contributed by atoms with Crippen molar-refractivity contribution in [2.75, 3.05) is 25.1 Å². The second kappa shape index (κ2) is 10.5. The molecule has 5 nitrogen and oxygen atoms in total. The lowest BCUT2D eigenvalue weighted by atomic mass is 10.0. The topological polar surface area (TPSA) is 58.6 Å². The second-order valence-electron chi connectivity index (χ2n) is 6.69. The van der Waals surface area contributed by atoms with Crippen molar-refractivity contribution in [1.29, 1.82) is 0 Å². The van der Waals surface area contributed by atoms with Crippen LogP contribution in [0.4, 0.5) is 5.69 Å². The van der Waals surface area contributed by atoms with E-state index in [1.54, 1.807) is 12.0 Å². The van der Waals surface area contributed by atoms with Crippen LogP contribution >= 0.6 is 0 Å². The summed E-state index contributed by atoms with van der Waals surface area (Å²) >= 11 is 0. The Bertz CT molecular complexity index is 795. The van der Waals surface area contributed by atoms with E-state index in [-0.39, 0.29) is 18.4 Å². The summed E-state index contributed by atoms with van der Waals surface area (Å²) in [6.07, 6.45) is 2.32. The molecule has 2 amide bonds. The maximum atomic E-state index is 12.5. The van der Waals surface area contributed by atoms with E-state index < -0.39 is 0 Å². The Morgan fingerprint density at radius 1 is 1.04 bits per heavy atom. The van der Waals surface area contributed by atoms with Crippen molar-refractivity contribution < 1.29 is 14.3 Å². The van der Waals surface area contributed by atoms with E-state index in [1.165, 1.54) is 6.92 Å². The van der Waals surface area contributed by atoms with Crippen LogP contribution in [0.1, 0.15) is 37.5 Å². The van der Waals surface area contributed by atoms with Crippen LogP contribution in [0.15, 0.2) is 42.5 Å². The molecular weight excluding hydrogens is 352 g/mol. The van der Waals surface area contributed by atoms with Gasteiger partial charge < -0.3 is 15.0 Å². The molecule has 2 aromatic carbocycles. The lowest BCUT2D eigenvalue weighted by molar-refractivity contribution is -0.123. The molecule has 0 unspecified atom stereocenters. The summed E-state index contributed by atoms with van der Waals surface area (Å²) in [7, 11) is 1.63. The number of carbonyl (C=O) groups excluding carboxylic acids is 2. The highest BCUT2D eigenvalue weighted by molar-refractivity contribution is 5.98. The number of hydrogen-bond acceptors (Lipinski definition) is 3. The molecule has 0 atom stereocenters. The fourth-order valence-corrected chi connectivity index (χ4v) is 3.28. The number of hydrogen-bond donors (Lipinski definition) is 1. The van der Waals surface area contributed by atoms with Gasteiger partial charge in [0.1, 0.15) is 12.3 Å². The molecule has 1 N–H and O–H groups in total. The van der Waals surface area contributed by atoms with E-state index in [1.807, 2.05) is 42.5 Å². The van der Waals surface area contributed by atoms with Crippen LogP contribution in [0, 0.1) is 0 Å². The molecule has 2 aromatic rings. The van der Waals surface area contributed by atoms with Crippen LogP contribution in [-0.4, -0.2) is 32.0 Å². The van der Waals surface area contributed by atoms with Crippen LogP contribution in [0.3, 0.4) is 0 Å². The van der Waals surface area contributed by atoms with Gasteiger partial charge in [-0.2, -0.15) is 0 Å². The zero-order valence-electron chi connectivity index (χ0n) is 17.2. The number of aryl methyl sites for hydroxylation is 2. The van der Waals surface area contributed by atoms with Crippen molar-refractivity contribution in [3.8, 4) is 5.75 Å². The number of methoxy groups -OCH3 is 1. The molecule has 2 rings (SSSR count). The van der Waals surface area contributed by atoms with Crippen molar-refractivity contribution in [2.24, 2.45) is 0 Å². The lowest BCUT2D eigenvalue weighted by Gasteiger charge is -2.26. The molecule has 0 saturated carbocycles. The molecular formula is C23H30N2O3. The van der Waals surface area contributed by atoms with Crippen LogP contribution < -0.4 is 15.0 Å². The van der Waals surface area contributed by atoms with Crippen LogP contribution in [-0.2, 0) is 28.9 Å². The molecule has 0 aliphatic rings. The second-order valence-corrected chi connectivity index (χ2v) is 6.69. The first-order chi connectivity index (χ1) is 13.5. The quantitative estimate of drug-likeness (QED) is 0.722. The van der Waals surface area contributed by atoms with Gasteiger partial charge in [-0.1, -0.05) is 44.2 Å². The first-order valence-electron chi connectivity index (χ1n) is 9.78. The van der Waals surface area contributed by atoms with Gasteiger partial charge in [-0.25, -0.2) is 0 Å². The van der Waals surface area contributed by atoms with Crippen molar-refractivity contribution in [1.82, 2.24) is 5.32 Å². The number of nitrogens with one attached hydrogen (secondary N) is 1. The largest absolute Gasteiger partial charge is 0.497 e. The number of benzene rings is 2. The summed E-state index contributed by atoms with van der Waals surface area (Å²) in [5.74, 6) is 0.513. The molecule has 0 spiro atoms. The van der Waals surface area contributed by atoms with Gasteiger partial charge in [-0.05, 0) is 48.1 Å². The summed E-state index contributed by atoms with van der Waals surface area (Å²) in [5.41, 5.74) is 4.13. The zero-order valence-corrected chi connectivity index (χ0v) is 17.2. The summed E-state index contributed by atoms with van der Waals surface area (Å²) in [4.78, 5) is 26.4. The van der Waals surface area contributed by atoms with E-state index in [4.69, 9.17) is 4.74 Å². The maximum absolute atomic E-state index is 12.5. The minimum Gasteiger partial charge on any atom is -0.497 e. The number of amides is 2. The molecule has 0 bridgehead atoms. The lowest BCUT2D eigenvalue weighted by Crippen LogP contribution is -2.41. The van der Waals surface area contributed by atoms with Crippen LogP contribution in [0.2, 0.25) is 0 Å². The summed E-state index contributed by atoms with van der Waals surface area (Å²) in [5, 5.41) is 2.93. The molecule has 5 heteroatoms. The smallest absolute Gasteiger partial charge is 0.240 e. The molecule has 150 valence electrons. The normalized spacial score (nSPS) is 10.4. The third-order valence-corrected chi connectivity index (χ3v) is 4.79. The summed E-state index contributed by atoms with van der Waals surface area (Å²) in [6.45, 7) is 6.16. The Balaban J connectivity index is 2.04. The van der Waals surface area contributed by atoms with E-state index in [0.29, 0.717) is 13.0 Å². The van der Waals surface area contributed by atoms with Crippen LogP contribution in [0.5, 0.6) is 5.75 Å². The molecule has 28 heavy (non-hydrogen) atoms. The van der Waals surface area contributed by atoms with Crippen molar-refractivity contribution in [3.05, 3.63) is 59.2 Å². The Morgan fingerprint density at radius 3 is 2.25 bits per heavy atom. The van der Waals surface area contributed by atoms with Gasteiger partial charge in [-0.15, -0.1) is 0 Å². The average molecular weight is 383 g/mol. The Hall–Kier alpha value is -2.82. The summed E-state index contributed by atoms with van der Waals surface area (Å²) < 4.78 is 5.22. The van der Waals surface area contributed by atoms with Crippen molar-refractivity contribution in [3.63, 3.8) is 0 Å². The SMILES string of the molecule is CCc1cccc(CC)c1N(CC(=O)NCCc1cccc(OC)c1)C(C)=O. The molecule has 0 heterocycles. The van der Waals surface area contributed by atoms with E-state index >= 15 is 0 Å². The highest BCUT2D eigenvalue weighted by Crippen LogP contribution is 2.27. The third kappa shape index (κ3) is 5.59. The number of ether oxygens (including phenoxy) is 1. The van der Waals surface area contributed by atoms with Gasteiger partial charge in [0.15, 0.2) is 0 Å². The number of anilines is 1. The fourth-order valence-electron chi connectivity index (χ4n) is 3.28. The van der Waals surface area contributed by atoms with Gasteiger partial charge in [0.2, 0.25) is 11.8 Å². The van der Waals surface area contributed by atoms with E-state index in [9.17, 15) is 9.59 Å². The van der Waals surface area contributed by atoms with Gasteiger partial charge in [-0.3, -0.25) is 9.59 Å². The Morgan fingerprint density at radius 2 is 1.68 bits per heavy atom. The molecule has 0 aliphatic heterocycles. The maximum Gasteiger partial charge on any atom is 0.240 e. The number of nitrogens with zero attached hydrogens (tertiary/aromatic N) is 1. The number of carbonyl (C=O) groups is 2. The highest BCUT2D eigenvalue weighted by atomic mass is 16.5. The molecule has 0 aromatic heterocycles. The predicted molar refractivity (Wildman–Crippen MR) is 113 cm³/mol. The third-order valence-electron chi connectivity index (χ3n) is 4.79. The van der Waals surface area contributed by atoms with Gasteiger partial charge in [0, 0.05) is 13.5 Å². The van der Waals surface area contributed by atoms with Crippen LogP contribution in [0.25, 0.3) is 0 Å². The van der Waals surface area contributed by atoms with Crippen molar-refractivity contribution >= 4 is 17.5 Å². The standard InChI is InChI=1S/C23H30N2O3/c1-5-19-10-8-11-20(6-2)23(19)25(17(3)26)16-22(27)24-14-13-18-9-7-12-21(15-18)28-4/h7-12,15H,5-6,13-14,16H2,1-4H3,(H,24,27). The minimum atomic E-state index is -0.161. The Labute approximate surface area is 167 Å². The predicted octanol–water partition coefficient (Wildman–Crippen LogP) is 3.53. The van der Waals surface area contributed by atoms with Gasteiger partial charge in [0.25, 0.3) is 0 Å². The molecule has 0 aliphatic carbocycles. The fraction of sp³-hybridized carbons (Fsp3) is 0.391. The minimum absolute atomic E-state index is 0.0253.